The first-order chi connectivity index (χ1) is 5.25. The fraction of sp³-hybridized carbons (Fsp3) is 0.429. The molecule has 0 aromatic carbocycles. The largest absolute Gasteiger partial charge is 0.463 e. The summed E-state index contributed by atoms with van der Waals surface area (Å²) in [6.45, 7) is 2.48. The number of allylic oxidation sites excluding steroid dienone is 1. The van der Waals surface area contributed by atoms with Crippen LogP contribution in [0.15, 0.2) is 16.3 Å². The van der Waals surface area contributed by atoms with Crippen molar-refractivity contribution in [3.05, 3.63) is 11.3 Å². The Morgan fingerprint density at radius 1 is 1.91 bits per heavy atom. The minimum atomic E-state index is -0.359. The molecule has 0 aliphatic carbocycles. The molecule has 0 aromatic heterocycles. The second kappa shape index (κ2) is 3.18. The molecule has 1 aliphatic rings. The molecular weight excluding hydrogens is 144 g/mol. The van der Waals surface area contributed by atoms with E-state index in [-0.39, 0.29) is 5.97 Å². The standard InChI is InChI=1S/C7H10N2O2/c1-2-11-7(10)5-3-9-4-6(5)8/h4H,2-3,8H2,1H3. The number of carbonyl (C=O) groups excluding carboxylic acids is 1. The Morgan fingerprint density at radius 3 is 3.09 bits per heavy atom. The molecule has 1 aliphatic heterocycles. The van der Waals surface area contributed by atoms with E-state index < -0.39 is 0 Å². The smallest absolute Gasteiger partial charge is 0.338 e. The molecule has 0 radical (unpaired) electrons. The van der Waals surface area contributed by atoms with Crippen LogP contribution in [-0.2, 0) is 9.53 Å². The average molecular weight is 154 g/mol. The number of hydrogen-bond acceptors (Lipinski definition) is 4. The molecule has 4 nitrogen and oxygen atoms in total. The van der Waals surface area contributed by atoms with E-state index in [4.69, 9.17) is 10.5 Å². The van der Waals surface area contributed by atoms with Gasteiger partial charge in [-0.3, -0.25) is 4.99 Å². The van der Waals surface area contributed by atoms with Gasteiger partial charge < -0.3 is 10.5 Å². The van der Waals surface area contributed by atoms with Crippen LogP contribution < -0.4 is 5.73 Å². The van der Waals surface area contributed by atoms with Crippen LogP contribution in [0.1, 0.15) is 6.92 Å². The van der Waals surface area contributed by atoms with E-state index in [0.717, 1.165) is 0 Å². The highest BCUT2D eigenvalue weighted by molar-refractivity contribution is 5.99. The monoisotopic (exact) mass is 154 g/mol. The van der Waals surface area contributed by atoms with Crippen molar-refractivity contribution in [1.29, 1.82) is 0 Å². The van der Waals surface area contributed by atoms with Crippen molar-refractivity contribution in [2.75, 3.05) is 13.2 Å². The first-order valence-electron chi connectivity index (χ1n) is 3.41. The molecular formula is C7H10N2O2. The molecule has 0 unspecified atom stereocenters. The maximum absolute atomic E-state index is 11.0. The Bertz CT molecular complexity index is 231. The minimum absolute atomic E-state index is 0.352. The van der Waals surface area contributed by atoms with Gasteiger partial charge in [0.2, 0.25) is 0 Å². The van der Waals surface area contributed by atoms with Gasteiger partial charge in [-0.15, -0.1) is 0 Å². The van der Waals surface area contributed by atoms with Crippen LogP contribution in [0.25, 0.3) is 0 Å². The van der Waals surface area contributed by atoms with E-state index in [1.807, 2.05) is 0 Å². The molecule has 2 N–H and O–H groups in total. The maximum atomic E-state index is 11.0. The number of nitrogens with zero attached hydrogens (tertiary/aromatic N) is 1. The Labute approximate surface area is 64.7 Å². The third-order valence-electron chi connectivity index (χ3n) is 1.35. The van der Waals surface area contributed by atoms with Crippen LogP contribution >= 0.6 is 0 Å². The van der Waals surface area contributed by atoms with Gasteiger partial charge in [-0.1, -0.05) is 0 Å². The van der Waals surface area contributed by atoms with Crippen molar-refractivity contribution in [2.24, 2.45) is 10.7 Å². The number of ether oxygens (including phenoxy) is 1. The molecule has 0 bridgehead atoms. The first-order valence-corrected chi connectivity index (χ1v) is 3.41. The van der Waals surface area contributed by atoms with Crippen molar-refractivity contribution < 1.29 is 9.53 Å². The molecule has 60 valence electrons. The number of carbonyl (C=O) groups is 1. The van der Waals surface area contributed by atoms with Crippen molar-refractivity contribution in [2.45, 2.75) is 6.92 Å². The van der Waals surface area contributed by atoms with Gasteiger partial charge in [-0.2, -0.15) is 0 Å². The predicted molar refractivity (Wildman–Crippen MR) is 41.2 cm³/mol. The highest BCUT2D eigenvalue weighted by Crippen LogP contribution is 2.06. The molecule has 0 amide bonds. The molecule has 1 heterocycles. The lowest BCUT2D eigenvalue weighted by Crippen LogP contribution is -2.13. The van der Waals surface area contributed by atoms with Crippen LogP contribution in [0.3, 0.4) is 0 Å². The van der Waals surface area contributed by atoms with Gasteiger partial charge in [-0.25, -0.2) is 4.79 Å². The molecule has 0 spiro atoms. The number of nitrogens with two attached hydrogens (primary N) is 1. The molecule has 0 saturated carbocycles. The Balaban J connectivity index is 2.62. The molecule has 0 fully saturated rings. The predicted octanol–water partition coefficient (Wildman–Crippen LogP) is -0.153. The van der Waals surface area contributed by atoms with Crippen LogP contribution in [-0.4, -0.2) is 25.3 Å². The summed E-state index contributed by atoms with van der Waals surface area (Å²) in [7, 11) is 0. The molecule has 0 aromatic rings. The first kappa shape index (κ1) is 7.78. The zero-order chi connectivity index (χ0) is 8.27. The zero-order valence-electron chi connectivity index (χ0n) is 6.33. The van der Waals surface area contributed by atoms with Crippen molar-refractivity contribution in [3.8, 4) is 0 Å². The van der Waals surface area contributed by atoms with Crippen molar-refractivity contribution in [1.82, 2.24) is 0 Å². The van der Waals surface area contributed by atoms with Gasteiger partial charge in [-0.05, 0) is 6.92 Å². The number of hydrogen-bond donors (Lipinski definition) is 1. The molecule has 0 saturated heterocycles. The fourth-order valence-corrected chi connectivity index (χ4v) is 0.805. The van der Waals surface area contributed by atoms with Crippen LogP contribution in [0.5, 0.6) is 0 Å². The van der Waals surface area contributed by atoms with Crippen molar-refractivity contribution in [3.63, 3.8) is 0 Å². The summed E-state index contributed by atoms with van der Waals surface area (Å²) in [5, 5.41) is 0. The summed E-state index contributed by atoms with van der Waals surface area (Å²) < 4.78 is 4.74. The van der Waals surface area contributed by atoms with Gasteiger partial charge in [0, 0.05) is 6.21 Å². The maximum Gasteiger partial charge on any atom is 0.338 e. The number of aliphatic imine (C=N–C) groups is 1. The molecule has 1 rings (SSSR count). The highest BCUT2D eigenvalue weighted by Gasteiger charge is 2.16. The summed E-state index contributed by atoms with van der Waals surface area (Å²) in [5.41, 5.74) is 6.32. The van der Waals surface area contributed by atoms with Gasteiger partial charge >= 0.3 is 5.97 Å². The van der Waals surface area contributed by atoms with E-state index in [1.165, 1.54) is 6.21 Å². The summed E-state index contributed by atoms with van der Waals surface area (Å²) >= 11 is 0. The molecule has 4 heteroatoms. The highest BCUT2D eigenvalue weighted by atomic mass is 16.5. The SMILES string of the molecule is CCOC(=O)C1=C(N)C=NC1. The average Bonchev–Trinajstić information content (AvgIpc) is 2.36. The molecule has 11 heavy (non-hydrogen) atoms. The molecule has 0 atom stereocenters. The number of rotatable bonds is 2. The van der Waals surface area contributed by atoms with Crippen LogP contribution in [0, 0.1) is 0 Å². The lowest BCUT2D eigenvalue weighted by molar-refractivity contribution is -0.138. The van der Waals surface area contributed by atoms with Crippen LogP contribution in [0.2, 0.25) is 0 Å². The van der Waals surface area contributed by atoms with E-state index in [1.54, 1.807) is 6.92 Å². The van der Waals surface area contributed by atoms with E-state index >= 15 is 0 Å². The van der Waals surface area contributed by atoms with Gasteiger partial charge in [0.1, 0.15) is 0 Å². The second-order valence-corrected chi connectivity index (χ2v) is 2.12. The fourth-order valence-electron chi connectivity index (χ4n) is 0.805. The zero-order valence-corrected chi connectivity index (χ0v) is 6.33. The third-order valence-corrected chi connectivity index (χ3v) is 1.35. The van der Waals surface area contributed by atoms with E-state index in [2.05, 4.69) is 4.99 Å². The van der Waals surface area contributed by atoms with Crippen molar-refractivity contribution >= 4 is 12.2 Å². The summed E-state index contributed by atoms with van der Waals surface area (Å²) in [6, 6.07) is 0. The van der Waals surface area contributed by atoms with Gasteiger partial charge in [0.05, 0.1) is 24.4 Å². The quantitative estimate of drug-likeness (QED) is 0.562. The second-order valence-electron chi connectivity index (χ2n) is 2.12. The summed E-state index contributed by atoms with van der Waals surface area (Å²) in [4.78, 5) is 14.8. The lowest BCUT2D eigenvalue weighted by atomic mass is 10.2. The summed E-state index contributed by atoms with van der Waals surface area (Å²) in [6.07, 6.45) is 1.48. The van der Waals surface area contributed by atoms with Gasteiger partial charge in [0.15, 0.2) is 0 Å². The minimum Gasteiger partial charge on any atom is -0.463 e. The van der Waals surface area contributed by atoms with E-state index in [9.17, 15) is 4.79 Å². The Morgan fingerprint density at radius 2 is 2.64 bits per heavy atom. The van der Waals surface area contributed by atoms with Gasteiger partial charge in [0.25, 0.3) is 0 Å². The Hall–Kier alpha value is -1.32. The summed E-state index contributed by atoms with van der Waals surface area (Å²) in [5.74, 6) is -0.359. The van der Waals surface area contributed by atoms with E-state index in [0.29, 0.717) is 24.4 Å². The lowest BCUT2D eigenvalue weighted by Gasteiger charge is -2.01. The normalized spacial score (nSPS) is 15.7. The van der Waals surface area contributed by atoms with Crippen LogP contribution in [0.4, 0.5) is 0 Å². The Kier molecular flexibility index (Phi) is 2.25. The topological polar surface area (TPSA) is 64.7 Å². The number of esters is 1. The third kappa shape index (κ3) is 1.58.